The zero-order valence-corrected chi connectivity index (χ0v) is 10.7. The van der Waals surface area contributed by atoms with Gasteiger partial charge in [0.25, 0.3) is 0 Å². The average molecular weight is 258 g/mol. The quantitative estimate of drug-likeness (QED) is 0.794. The minimum absolute atomic E-state index is 0.760. The summed E-state index contributed by atoms with van der Waals surface area (Å²) in [4.78, 5) is 6.47. The molecule has 1 aromatic carbocycles. The molecular weight excluding hydrogens is 244 g/mol. The predicted molar refractivity (Wildman–Crippen MR) is 75.3 cm³/mol. The summed E-state index contributed by atoms with van der Waals surface area (Å²) in [5, 5.41) is 4.01. The largest absolute Gasteiger partial charge is 0.340 e. The van der Waals surface area contributed by atoms with Crippen LogP contribution in [0.4, 0.5) is 5.69 Å². The Hall–Kier alpha value is -1.88. The lowest BCUT2D eigenvalue weighted by Crippen LogP contribution is -2.40. The van der Waals surface area contributed by atoms with Crippen molar-refractivity contribution in [3.63, 3.8) is 0 Å². The molecule has 0 fully saturated rings. The van der Waals surface area contributed by atoms with Crippen molar-refractivity contribution < 1.29 is 0 Å². The Morgan fingerprint density at radius 1 is 1.22 bits per heavy atom. The lowest BCUT2D eigenvalue weighted by atomic mass is 10.3. The fraction of sp³-hybridized carbons (Fsp3) is 0.231. The molecule has 2 heterocycles. The van der Waals surface area contributed by atoms with E-state index in [0.717, 1.165) is 36.3 Å². The van der Waals surface area contributed by atoms with Crippen LogP contribution in [0.5, 0.6) is 0 Å². The molecule has 1 aliphatic heterocycles. The van der Waals surface area contributed by atoms with Crippen molar-refractivity contribution in [2.45, 2.75) is 13.1 Å². The van der Waals surface area contributed by atoms with Gasteiger partial charge in [-0.25, -0.2) is 4.98 Å². The number of imidazole rings is 1. The van der Waals surface area contributed by atoms with Gasteiger partial charge in [-0.05, 0) is 24.4 Å². The van der Waals surface area contributed by atoms with E-state index in [-0.39, 0.29) is 0 Å². The second kappa shape index (κ2) is 4.78. The molecule has 5 heteroatoms. The van der Waals surface area contributed by atoms with Gasteiger partial charge in [-0.1, -0.05) is 18.2 Å². The molecule has 0 atom stereocenters. The molecule has 92 valence electrons. The molecule has 0 saturated heterocycles. The Labute approximate surface area is 111 Å². The summed E-state index contributed by atoms with van der Waals surface area (Å²) in [6, 6.07) is 10.0. The summed E-state index contributed by atoms with van der Waals surface area (Å²) in [7, 11) is 0. The number of aromatic nitrogens is 2. The van der Waals surface area contributed by atoms with E-state index in [4.69, 9.17) is 12.2 Å². The molecule has 0 unspecified atom stereocenters. The van der Waals surface area contributed by atoms with E-state index < -0.39 is 0 Å². The van der Waals surface area contributed by atoms with E-state index in [2.05, 4.69) is 19.8 Å². The van der Waals surface area contributed by atoms with Crippen LogP contribution in [0.3, 0.4) is 0 Å². The highest BCUT2D eigenvalue weighted by molar-refractivity contribution is 7.80. The van der Waals surface area contributed by atoms with E-state index >= 15 is 0 Å². The number of hydrogen-bond donors (Lipinski definition) is 1. The van der Waals surface area contributed by atoms with Crippen LogP contribution in [0.1, 0.15) is 5.82 Å². The third kappa shape index (κ3) is 2.22. The van der Waals surface area contributed by atoms with E-state index in [1.54, 1.807) is 0 Å². The fourth-order valence-electron chi connectivity index (χ4n) is 2.07. The number of rotatable bonds is 1. The summed E-state index contributed by atoms with van der Waals surface area (Å²) in [5.41, 5.74) is 1.02. The van der Waals surface area contributed by atoms with Gasteiger partial charge in [0, 0.05) is 31.2 Å². The number of thiocarbonyl (C=S) groups is 1. The number of nitrogens with zero attached hydrogens (tertiary/aromatic N) is 3. The van der Waals surface area contributed by atoms with Gasteiger partial charge in [0.2, 0.25) is 0 Å². The highest BCUT2D eigenvalue weighted by atomic mass is 32.1. The van der Waals surface area contributed by atoms with Gasteiger partial charge < -0.3 is 14.8 Å². The summed E-state index contributed by atoms with van der Waals surface area (Å²) < 4.78 is 2.17. The van der Waals surface area contributed by atoms with Crippen LogP contribution in [0, 0.1) is 0 Å². The average Bonchev–Trinajstić information content (AvgIpc) is 2.87. The first-order valence-electron chi connectivity index (χ1n) is 5.94. The minimum Gasteiger partial charge on any atom is -0.340 e. The number of para-hydroxylation sites is 1. The third-order valence-corrected chi connectivity index (χ3v) is 3.42. The fourth-order valence-corrected chi connectivity index (χ4v) is 2.34. The van der Waals surface area contributed by atoms with Gasteiger partial charge in [0.05, 0.1) is 6.54 Å². The molecule has 0 bridgehead atoms. The van der Waals surface area contributed by atoms with Gasteiger partial charge in [0.1, 0.15) is 5.82 Å². The SMILES string of the molecule is S=C(Nc1ccccc1)N1CCn2ccnc2C1. The topological polar surface area (TPSA) is 33.1 Å². The Balaban J connectivity index is 1.68. The Bertz CT molecular complexity index is 549. The van der Waals surface area contributed by atoms with E-state index in [1.807, 2.05) is 42.7 Å². The zero-order valence-electron chi connectivity index (χ0n) is 9.91. The highest BCUT2D eigenvalue weighted by Gasteiger charge is 2.18. The molecule has 18 heavy (non-hydrogen) atoms. The molecule has 0 saturated carbocycles. The van der Waals surface area contributed by atoms with Crippen molar-refractivity contribution >= 4 is 23.0 Å². The summed E-state index contributed by atoms with van der Waals surface area (Å²) in [5.74, 6) is 1.07. The molecule has 0 aliphatic carbocycles. The molecule has 0 spiro atoms. The van der Waals surface area contributed by atoms with E-state index in [0.29, 0.717) is 0 Å². The first kappa shape index (κ1) is 11.2. The third-order valence-electron chi connectivity index (χ3n) is 3.06. The second-order valence-electron chi connectivity index (χ2n) is 4.25. The van der Waals surface area contributed by atoms with Gasteiger partial charge in [-0.3, -0.25) is 0 Å². The van der Waals surface area contributed by atoms with E-state index in [1.165, 1.54) is 0 Å². The van der Waals surface area contributed by atoms with Crippen molar-refractivity contribution in [2.24, 2.45) is 0 Å². The van der Waals surface area contributed by atoms with Crippen molar-refractivity contribution in [3.8, 4) is 0 Å². The van der Waals surface area contributed by atoms with Crippen molar-refractivity contribution in [3.05, 3.63) is 48.5 Å². The number of hydrogen-bond acceptors (Lipinski definition) is 2. The predicted octanol–water partition coefficient (Wildman–Crippen LogP) is 2.10. The molecule has 0 radical (unpaired) electrons. The van der Waals surface area contributed by atoms with Crippen LogP contribution < -0.4 is 5.32 Å². The smallest absolute Gasteiger partial charge is 0.173 e. The molecular formula is C13H14N4S. The number of nitrogens with one attached hydrogen (secondary N) is 1. The zero-order chi connectivity index (χ0) is 12.4. The summed E-state index contributed by atoms with van der Waals surface area (Å²) in [6.45, 7) is 2.62. The van der Waals surface area contributed by atoms with Crippen LogP contribution >= 0.6 is 12.2 Å². The maximum absolute atomic E-state index is 5.44. The number of anilines is 1. The van der Waals surface area contributed by atoms with Crippen molar-refractivity contribution in [2.75, 3.05) is 11.9 Å². The Kier molecular flexibility index (Phi) is 2.98. The molecule has 1 N–H and O–H groups in total. The van der Waals surface area contributed by atoms with Gasteiger partial charge in [-0.2, -0.15) is 0 Å². The van der Waals surface area contributed by atoms with Crippen molar-refractivity contribution in [1.82, 2.24) is 14.5 Å². The Morgan fingerprint density at radius 2 is 2.06 bits per heavy atom. The second-order valence-corrected chi connectivity index (χ2v) is 4.64. The molecule has 3 rings (SSSR count). The molecule has 0 amide bonds. The minimum atomic E-state index is 0.760. The van der Waals surface area contributed by atoms with Gasteiger partial charge in [0.15, 0.2) is 5.11 Å². The number of benzene rings is 1. The summed E-state index contributed by atoms with van der Waals surface area (Å²) >= 11 is 5.44. The standard InChI is InChI=1S/C13H14N4S/c18-13(15-11-4-2-1-3-5-11)17-9-8-16-7-6-14-12(16)10-17/h1-7H,8-10H2,(H,15,18). The van der Waals surface area contributed by atoms with Gasteiger partial charge >= 0.3 is 0 Å². The lowest BCUT2D eigenvalue weighted by molar-refractivity contribution is 0.334. The lowest BCUT2D eigenvalue weighted by Gasteiger charge is -2.30. The van der Waals surface area contributed by atoms with Crippen LogP contribution in [-0.2, 0) is 13.1 Å². The molecule has 1 aromatic heterocycles. The monoisotopic (exact) mass is 258 g/mol. The van der Waals surface area contributed by atoms with Crippen LogP contribution in [0.15, 0.2) is 42.7 Å². The molecule has 1 aliphatic rings. The highest BCUT2D eigenvalue weighted by Crippen LogP contribution is 2.13. The number of fused-ring (bicyclic) bond motifs is 1. The van der Waals surface area contributed by atoms with Crippen LogP contribution in [0.25, 0.3) is 0 Å². The summed E-state index contributed by atoms with van der Waals surface area (Å²) in [6.07, 6.45) is 3.85. The van der Waals surface area contributed by atoms with Crippen LogP contribution in [-0.4, -0.2) is 26.1 Å². The maximum atomic E-state index is 5.44. The molecule has 4 nitrogen and oxygen atoms in total. The maximum Gasteiger partial charge on any atom is 0.173 e. The molecule has 2 aromatic rings. The normalized spacial score (nSPS) is 14.1. The Morgan fingerprint density at radius 3 is 2.89 bits per heavy atom. The van der Waals surface area contributed by atoms with Crippen molar-refractivity contribution in [1.29, 1.82) is 0 Å². The first-order chi connectivity index (χ1) is 8.83. The first-order valence-corrected chi connectivity index (χ1v) is 6.35. The van der Waals surface area contributed by atoms with Crippen LogP contribution in [0.2, 0.25) is 0 Å². The van der Waals surface area contributed by atoms with Gasteiger partial charge in [-0.15, -0.1) is 0 Å². The van der Waals surface area contributed by atoms with E-state index in [9.17, 15) is 0 Å².